The lowest BCUT2D eigenvalue weighted by molar-refractivity contribution is -0.144. The Morgan fingerprint density at radius 1 is 1.44 bits per heavy atom. The van der Waals surface area contributed by atoms with Crippen molar-refractivity contribution in [3.63, 3.8) is 0 Å². The first kappa shape index (κ1) is 14.7. The number of rotatable bonds is 7. The van der Waals surface area contributed by atoms with Gasteiger partial charge in [-0.15, -0.1) is 0 Å². The van der Waals surface area contributed by atoms with Gasteiger partial charge in [-0.3, -0.25) is 4.79 Å². The predicted octanol–water partition coefficient (Wildman–Crippen LogP) is 3.15. The van der Waals surface area contributed by atoms with E-state index in [-0.39, 0.29) is 12.4 Å². The van der Waals surface area contributed by atoms with Crippen LogP contribution in [0.15, 0.2) is 24.3 Å². The van der Waals surface area contributed by atoms with Crippen LogP contribution in [-0.2, 0) is 9.53 Å². The van der Waals surface area contributed by atoms with Crippen molar-refractivity contribution in [1.29, 1.82) is 0 Å². The summed E-state index contributed by atoms with van der Waals surface area (Å²) in [7, 11) is 0. The number of unbranched alkanes of at least 4 members (excludes halogenated alkanes) is 1. The molecule has 1 rings (SSSR count). The number of esters is 1. The standard InChI is InChI=1S/C15H22O3/c1-3-4-10-18-15(17)9-8-14(16)13-7-5-6-12(2)11-13/h5-7,11,14,16H,3-4,8-10H2,1-2H3. The lowest BCUT2D eigenvalue weighted by Gasteiger charge is -2.11. The first-order valence-electron chi connectivity index (χ1n) is 6.53. The largest absolute Gasteiger partial charge is 0.466 e. The summed E-state index contributed by atoms with van der Waals surface area (Å²) in [6, 6.07) is 7.70. The fraction of sp³-hybridized carbons (Fsp3) is 0.533. The predicted molar refractivity (Wildman–Crippen MR) is 71.2 cm³/mol. The van der Waals surface area contributed by atoms with E-state index in [9.17, 15) is 9.90 Å². The minimum Gasteiger partial charge on any atom is -0.466 e. The number of aliphatic hydroxyl groups is 1. The Balaban J connectivity index is 2.32. The number of carbonyl (C=O) groups excluding carboxylic acids is 1. The summed E-state index contributed by atoms with van der Waals surface area (Å²) >= 11 is 0. The van der Waals surface area contributed by atoms with Crippen LogP contribution < -0.4 is 0 Å². The van der Waals surface area contributed by atoms with Crippen molar-refractivity contribution in [2.24, 2.45) is 0 Å². The molecule has 0 radical (unpaired) electrons. The number of aliphatic hydroxyl groups excluding tert-OH is 1. The quantitative estimate of drug-likeness (QED) is 0.597. The van der Waals surface area contributed by atoms with Gasteiger partial charge in [0.25, 0.3) is 0 Å². The van der Waals surface area contributed by atoms with Gasteiger partial charge < -0.3 is 9.84 Å². The van der Waals surface area contributed by atoms with Crippen LogP contribution in [0.3, 0.4) is 0 Å². The zero-order valence-corrected chi connectivity index (χ0v) is 11.2. The summed E-state index contributed by atoms with van der Waals surface area (Å²) in [6.45, 7) is 4.51. The SMILES string of the molecule is CCCCOC(=O)CCC(O)c1cccc(C)c1. The van der Waals surface area contributed by atoms with Gasteiger partial charge in [-0.1, -0.05) is 43.2 Å². The topological polar surface area (TPSA) is 46.5 Å². The Hall–Kier alpha value is -1.35. The Labute approximate surface area is 109 Å². The molecular formula is C15H22O3. The zero-order chi connectivity index (χ0) is 13.4. The molecule has 3 heteroatoms. The minimum absolute atomic E-state index is 0.227. The van der Waals surface area contributed by atoms with E-state index in [0.29, 0.717) is 13.0 Å². The van der Waals surface area contributed by atoms with Gasteiger partial charge in [0.05, 0.1) is 12.7 Å². The Kier molecular flexibility index (Phi) is 6.44. The molecule has 0 saturated heterocycles. The van der Waals surface area contributed by atoms with Gasteiger partial charge in [-0.25, -0.2) is 0 Å². The van der Waals surface area contributed by atoms with Crippen LogP contribution in [0.5, 0.6) is 0 Å². The van der Waals surface area contributed by atoms with E-state index >= 15 is 0 Å². The molecule has 0 heterocycles. The Bertz CT molecular complexity index is 374. The van der Waals surface area contributed by atoms with E-state index in [1.807, 2.05) is 31.2 Å². The maximum Gasteiger partial charge on any atom is 0.305 e. The van der Waals surface area contributed by atoms with E-state index in [4.69, 9.17) is 4.74 Å². The summed E-state index contributed by atoms with van der Waals surface area (Å²) in [4.78, 5) is 11.4. The monoisotopic (exact) mass is 250 g/mol. The molecule has 100 valence electrons. The first-order chi connectivity index (χ1) is 8.63. The van der Waals surface area contributed by atoms with Crippen LogP contribution in [0.1, 0.15) is 49.8 Å². The van der Waals surface area contributed by atoms with E-state index < -0.39 is 6.10 Å². The zero-order valence-electron chi connectivity index (χ0n) is 11.2. The highest BCUT2D eigenvalue weighted by Gasteiger charge is 2.11. The van der Waals surface area contributed by atoms with Crippen molar-refractivity contribution in [2.45, 2.75) is 45.6 Å². The Morgan fingerprint density at radius 2 is 2.22 bits per heavy atom. The first-order valence-corrected chi connectivity index (χ1v) is 6.53. The van der Waals surface area contributed by atoms with Crippen molar-refractivity contribution >= 4 is 5.97 Å². The number of carbonyl (C=O) groups is 1. The molecule has 0 aliphatic heterocycles. The van der Waals surface area contributed by atoms with E-state index in [2.05, 4.69) is 6.92 Å². The molecule has 0 aromatic heterocycles. The van der Waals surface area contributed by atoms with Crippen molar-refractivity contribution in [3.8, 4) is 0 Å². The van der Waals surface area contributed by atoms with Crippen molar-refractivity contribution in [2.75, 3.05) is 6.61 Å². The van der Waals surface area contributed by atoms with Crippen molar-refractivity contribution < 1.29 is 14.6 Å². The average Bonchev–Trinajstić information content (AvgIpc) is 2.36. The normalized spacial score (nSPS) is 12.2. The van der Waals surface area contributed by atoms with E-state index in [1.54, 1.807) is 0 Å². The van der Waals surface area contributed by atoms with Crippen LogP contribution in [-0.4, -0.2) is 17.7 Å². The minimum atomic E-state index is -0.594. The van der Waals surface area contributed by atoms with Crippen molar-refractivity contribution in [3.05, 3.63) is 35.4 Å². The summed E-state index contributed by atoms with van der Waals surface area (Å²) in [5.74, 6) is -0.227. The summed E-state index contributed by atoms with van der Waals surface area (Å²) < 4.78 is 5.04. The van der Waals surface area contributed by atoms with E-state index in [1.165, 1.54) is 0 Å². The second-order valence-electron chi connectivity index (χ2n) is 4.54. The van der Waals surface area contributed by atoms with Gasteiger partial charge in [0, 0.05) is 6.42 Å². The Morgan fingerprint density at radius 3 is 2.89 bits per heavy atom. The molecule has 0 bridgehead atoms. The number of hydrogen-bond donors (Lipinski definition) is 1. The molecule has 1 N–H and O–H groups in total. The van der Waals surface area contributed by atoms with Crippen LogP contribution in [0.2, 0.25) is 0 Å². The molecule has 0 amide bonds. The van der Waals surface area contributed by atoms with Crippen LogP contribution in [0.25, 0.3) is 0 Å². The van der Waals surface area contributed by atoms with Crippen LogP contribution in [0, 0.1) is 6.92 Å². The van der Waals surface area contributed by atoms with Gasteiger partial charge in [-0.2, -0.15) is 0 Å². The fourth-order valence-electron chi connectivity index (χ4n) is 1.70. The second-order valence-corrected chi connectivity index (χ2v) is 4.54. The maximum absolute atomic E-state index is 11.4. The molecule has 1 aromatic rings. The second kappa shape index (κ2) is 7.88. The molecule has 3 nitrogen and oxygen atoms in total. The number of benzene rings is 1. The van der Waals surface area contributed by atoms with Gasteiger partial charge >= 0.3 is 5.97 Å². The number of hydrogen-bond acceptors (Lipinski definition) is 3. The molecule has 0 spiro atoms. The summed E-state index contributed by atoms with van der Waals surface area (Å²) in [5.41, 5.74) is 1.97. The molecule has 1 atom stereocenters. The van der Waals surface area contributed by atoms with Crippen LogP contribution >= 0.6 is 0 Å². The third-order valence-electron chi connectivity index (χ3n) is 2.81. The molecular weight excluding hydrogens is 228 g/mol. The third kappa shape index (κ3) is 5.32. The molecule has 0 aliphatic carbocycles. The highest BCUT2D eigenvalue weighted by molar-refractivity contribution is 5.69. The molecule has 1 unspecified atom stereocenters. The van der Waals surface area contributed by atoms with Gasteiger partial charge in [-0.05, 0) is 25.3 Å². The average molecular weight is 250 g/mol. The van der Waals surface area contributed by atoms with Crippen LogP contribution in [0.4, 0.5) is 0 Å². The molecule has 1 aromatic carbocycles. The molecule has 0 saturated carbocycles. The van der Waals surface area contributed by atoms with Crippen molar-refractivity contribution in [1.82, 2.24) is 0 Å². The molecule has 0 aliphatic rings. The van der Waals surface area contributed by atoms with Gasteiger partial charge in [0.2, 0.25) is 0 Å². The fourth-order valence-corrected chi connectivity index (χ4v) is 1.70. The highest BCUT2D eigenvalue weighted by atomic mass is 16.5. The molecule has 0 fully saturated rings. The third-order valence-corrected chi connectivity index (χ3v) is 2.81. The summed E-state index contributed by atoms with van der Waals surface area (Å²) in [5, 5.41) is 9.96. The highest BCUT2D eigenvalue weighted by Crippen LogP contribution is 2.19. The molecule has 18 heavy (non-hydrogen) atoms. The number of ether oxygens (including phenoxy) is 1. The van der Waals surface area contributed by atoms with Gasteiger partial charge in [0.15, 0.2) is 0 Å². The van der Waals surface area contributed by atoms with E-state index in [0.717, 1.165) is 24.0 Å². The maximum atomic E-state index is 11.4. The van der Waals surface area contributed by atoms with Gasteiger partial charge in [0.1, 0.15) is 0 Å². The smallest absolute Gasteiger partial charge is 0.305 e. The number of aryl methyl sites for hydroxylation is 1. The lowest BCUT2D eigenvalue weighted by Crippen LogP contribution is -2.08. The lowest BCUT2D eigenvalue weighted by atomic mass is 10.0. The summed E-state index contributed by atoms with van der Waals surface area (Å²) in [6.07, 6.45) is 1.99.